The van der Waals surface area contributed by atoms with Gasteiger partial charge in [0, 0.05) is 38.3 Å². The molecule has 154 valence electrons. The molecule has 0 radical (unpaired) electrons. The first-order valence-electron chi connectivity index (χ1n) is 9.98. The number of nitrogens with zero attached hydrogens (tertiary/aromatic N) is 1. The van der Waals surface area contributed by atoms with Gasteiger partial charge in [-0.1, -0.05) is 13.8 Å². The summed E-state index contributed by atoms with van der Waals surface area (Å²) < 4.78 is 17.2. The predicted molar refractivity (Wildman–Crippen MR) is 117 cm³/mol. The second-order valence-corrected chi connectivity index (χ2v) is 7.03. The van der Waals surface area contributed by atoms with E-state index in [2.05, 4.69) is 36.4 Å². The van der Waals surface area contributed by atoms with Crippen LogP contribution in [0.5, 0.6) is 0 Å². The molecule has 3 atom stereocenters. The number of guanidine groups is 1. The Bertz CT molecular complexity index is 413. The monoisotopic (exact) mass is 483 g/mol. The zero-order valence-corrected chi connectivity index (χ0v) is 19.2. The molecule has 0 aromatic carbocycles. The van der Waals surface area contributed by atoms with Crippen molar-refractivity contribution in [1.82, 2.24) is 10.6 Å². The minimum absolute atomic E-state index is 0. The number of aliphatic imine (C=N–C) groups is 1. The first kappa shape index (κ1) is 23.9. The molecule has 26 heavy (non-hydrogen) atoms. The molecule has 0 amide bonds. The third-order valence-corrected chi connectivity index (χ3v) is 5.87. The van der Waals surface area contributed by atoms with Gasteiger partial charge in [-0.05, 0) is 39.0 Å². The second-order valence-electron chi connectivity index (χ2n) is 7.03. The van der Waals surface area contributed by atoms with E-state index >= 15 is 0 Å². The minimum Gasteiger partial charge on any atom is -0.378 e. The molecule has 2 fully saturated rings. The summed E-state index contributed by atoms with van der Waals surface area (Å²) in [5, 5.41) is 6.95. The molecule has 2 N–H and O–H groups in total. The molecule has 2 rings (SSSR count). The van der Waals surface area contributed by atoms with Gasteiger partial charge in [0.15, 0.2) is 5.96 Å². The highest BCUT2D eigenvalue weighted by molar-refractivity contribution is 14.0. The molecule has 0 aromatic rings. The summed E-state index contributed by atoms with van der Waals surface area (Å²) in [7, 11) is 1.82. The third kappa shape index (κ3) is 5.94. The Morgan fingerprint density at radius 3 is 2.62 bits per heavy atom. The SMILES string of the molecule is CCOC1CC(NC(=NC)NCCOCC2CCCO2)C1(CC)CC.I. The lowest BCUT2D eigenvalue weighted by Gasteiger charge is -2.55. The maximum atomic E-state index is 5.95. The maximum absolute atomic E-state index is 5.95. The lowest BCUT2D eigenvalue weighted by atomic mass is 9.58. The number of rotatable bonds is 10. The first-order valence-corrected chi connectivity index (χ1v) is 9.98. The van der Waals surface area contributed by atoms with Crippen molar-refractivity contribution in [2.75, 3.05) is 40.0 Å². The molecule has 1 aliphatic heterocycles. The van der Waals surface area contributed by atoms with Crippen molar-refractivity contribution in [2.24, 2.45) is 10.4 Å². The summed E-state index contributed by atoms with van der Waals surface area (Å²) in [6, 6.07) is 0.415. The molecular formula is C19H38IN3O3. The van der Waals surface area contributed by atoms with Gasteiger partial charge in [-0.3, -0.25) is 4.99 Å². The van der Waals surface area contributed by atoms with Crippen molar-refractivity contribution in [2.45, 2.75) is 71.1 Å². The Morgan fingerprint density at radius 2 is 2.04 bits per heavy atom. The Balaban J connectivity index is 0.00000338. The number of hydrogen-bond acceptors (Lipinski definition) is 4. The molecule has 7 heteroatoms. The molecule has 0 bridgehead atoms. The van der Waals surface area contributed by atoms with Crippen LogP contribution in [0.25, 0.3) is 0 Å². The Hall–Kier alpha value is -0.120. The molecule has 3 unspecified atom stereocenters. The van der Waals surface area contributed by atoms with Gasteiger partial charge in [-0.25, -0.2) is 0 Å². The van der Waals surface area contributed by atoms with E-state index < -0.39 is 0 Å². The minimum atomic E-state index is 0. The summed E-state index contributed by atoms with van der Waals surface area (Å²) >= 11 is 0. The van der Waals surface area contributed by atoms with Gasteiger partial charge < -0.3 is 24.8 Å². The van der Waals surface area contributed by atoms with Crippen molar-refractivity contribution in [3.63, 3.8) is 0 Å². The maximum Gasteiger partial charge on any atom is 0.191 e. The zero-order valence-electron chi connectivity index (χ0n) is 16.9. The van der Waals surface area contributed by atoms with Crippen LogP contribution in [0.4, 0.5) is 0 Å². The van der Waals surface area contributed by atoms with Crippen LogP contribution in [0.1, 0.15) is 52.9 Å². The van der Waals surface area contributed by atoms with E-state index in [0.29, 0.717) is 25.4 Å². The molecular weight excluding hydrogens is 445 g/mol. The molecule has 1 saturated heterocycles. The number of ether oxygens (including phenoxy) is 3. The fourth-order valence-electron chi connectivity index (χ4n) is 4.18. The number of hydrogen-bond donors (Lipinski definition) is 2. The molecule has 6 nitrogen and oxygen atoms in total. The lowest BCUT2D eigenvalue weighted by molar-refractivity contribution is -0.133. The number of halogens is 1. The fraction of sp³-hybridized carbons (Fsp3) is 0.947. The van der Waals surface area contributed by atoms with Crippen LogP contribution in [-0.2, 0) is 14.2 Å². The molecule has 1 heterocycles. The van der Waals surface area contributed by atoms with Crippen molar-refractivity contribution in [1.29, 1.82) is 0 Å². The lowest BCUT2D eigenvalue weighted by Crippen LogP contribution is -2.65. The van der Waals surface area contributed by atoms with Crippen LogP contribution in [0.15, 0.2) is 4.99 Å². The van der Waals surface area contributed by atoms with Crippen LogP contribution in [0.3, 0.4) is 0 Å². The van der Waals surface area contributed by atoms with Gasteiger partial charge in [0.1, 0.15) is 0 Å². The molecule has 0 aromatic heterocycles. The second kappa shape index (κ2) is 12.4. The Morgan fingerprint density at radius 1 is 1.27 bits per heavy atom. The van der Waals surface area contributed by atoms with Crippen molar-refractivity contribution in [3.8, 4) is 0 Å². The van der Waals surface area contributed by atoms with Crippen LogP contribution in [-0.4, -0.2) is 64.2 Å². The highest BCUT2D eigenvalue weighted by atomic mass is 127. The highest BCUT2D eigenvalue weighted by Gasteiger charge is 2.53. The van der Waals surface area contributed by atoms with E-state index in [-0.39, 0.29) is 35.5 Å². The highest BCUT2D eigenvalue weighted by Crippen LogP contribution is 2.48. The normalized spacial score (nSPS) is 27.5. The fourth-order valence-corrected chi connectivity index (χ4v) is 4.18. The average molecular weight is 483 g/mol. The summed E-state index contributed by atoms with van der Waals surface area (Å²) in [5.41, 5.74) is 0.212. The van der Waals surface area contributed by atoms with Gasteiger partial charge in [0.05, 0.1) is 25.4 Å². The third-order valence-electron chi connectivity index (χ3n) is 5.87. The first-order chi connectivity index (χ1) is 12.2. The summed E-state index contributed by atoms with van der Waals surface area (Å²) in [4.78, 5) is 4.36. The largest absolute Gasteiger partial charge is 0.378 e. The van der Waals surface area contributed by atoms with Crippen molar-refractivity contribution >= 4 is 29.9 Å². The van der Waals surface area contributed by atoms with Gasteiger partial charge in [0.2, 0.25) is 0 Å². The van der Waals surface area contributed by atoms with E-state index in [9.17, 15) is 0 Å². The average Bonchev–Trinajstić information content (AvgIpc) is 3.13. The summed E-state index contributed by atoms with van der Waals surface area (Å²) in [6.07, 6.45) is 6.21. The molecule has 0 spiro atoms. The summed E-state index contributed by atoms with van der Waals surface area (Å²) in [6.45, 7) is 10.4. The van der Waals surface area contributed by atoms with Crippen LogP contribution in [0.2, 0.25) is 0 Å². The molecule has 1 saturated carbocycles. The van der Waals surface area contributed by atoms with Gasteiger partial charge in [0.25, 0.3) is 0 Å². The Kier molecular flexibility index (Phi) is 11.4. The van der Waals surface area contributed by atoms with Gasteiger partial charge >= 0.3 is 0 Å². The van der Waals surface area contributed by atoms with E-state index in [1.165, 1.54) is 0 Å². The quantitative estimate of drug-likeness (QED) is 0.217. The summed E-state index contributed by atoms with van der Waals surface area (Å²) in [5.74, 6) is 0.854. The van der Waals surface area contributed by atoms with Crippen LogP contribution < -0.4 is 10.6 Å². The van der Waals surface area contributed by atoms with Crippen molar-refractivity contribution in [3.05, 3.63) is 0 Å². The van der Waals surface area contributed by atoms with Gasteiger partial charge in [-0.15, -0.1) is 24.0 Å². The zero-order chi connectivity index (χ0) is 18.1. The van der Waals surface area contributed by atoms with E-state index in [0.717, 1.165) is 57.8 Å². The van der Waals surface area contributed by atoms with Gasteiger partial charge in [-0.2, -0.15) is 0 Å². The van der Waals surface area contributed by atoms with Crippen LogP contribution in [0, 0.1) is 5.41 Å². The topological polar surface area (TPSA) is 64.1 Å². The smallest absolute Gasteiger partial charge is 0.191 e. The molecule has 1 aliphatic carbocycles. The van der Waals surface area contributed by atoms with E-state index in [4.69, 9.17) is 14.2 Å². The standard InChI is InChI=1S/C19H37N3O3.HI/c1-5-19(6-2)16(13-17(19)24-7-3)22-18(20-4)21-10-12-23-14-15-9-8-11-25-15;/h15-17H,5-14H2,1-4H3,(H2,20,21,22);1H. The van der Waals surface area contributed by atoms with Crippen LogP contribution >= 0.6 is 24.0 Å². The number of nitrogens with one attached hydrogen (secondary N) is 2. The van der Waals surface area contributed by atoms with E-state index in [1.807, 2.05) is 7.05 Å². The van der Waals surface area contributed by atoms with E-state index in [1.54, 1.807) is 0 Å². The molecule has 2 aliphatic rings. The van der Waals surface area contributed by atoms with Crippen molar-refractivity contribution < 1.29 is 14.2 Å². The predicted octanol–water partition coefficient (Wildman–Crippen LogP) is 2.95. The Labute approximate surface area is 176 Å².